The first-order valence-corrected chi connectivity index (χ1v) is 6.63. The van der Waals surface area contributed by atoms with E-state index in [1.165, 1.54) is 6.26 Å². The normalized spacial score (nSPS) is 24.5. The second-order valence-corrected chi connectivity index (χ2v) is 5.76. The van der Waals surface area contributed by atoms with Crippen LogP contribution in [0.3, 0.4) is 0 Å². The maximum absolute atomic E-state index is 10.8. The van der Waals surface area contributed by atoms with Crippen molar-refractivity contribution in [3.8, 4) is 0 Å². The number of hydrogen-bond donors (Lipinski definition) is 1. The molecule has 1 unspecified atom stereocenters. The standard InChI is InChI=1S/C8H17NO3S/c1-13(10,11)6-4-9-8-3-2-5-12-7-8/h8-9H,2-7H2,1H3. The summed E-state index contributed by atoms with van der Waals surface area (Å²) in [5, 5.41) is 3.17. The molecular formula is C8H17NO3S. The van der Waals surface area contributed by atoms with E-state index in [1.807, 2.05) is 0 Å². The number of rotatable bonds is 4. The Balaban J connectivity index is 2.11. The minimum absolute atomic E-state index is 0.212. The fraction of sp³-hybridized carbons (Fsp3) is 1.00. The van der Waals surface area contributed by atoms with Crippen LogP contribution in [0.2, 0.25) is 0 Å². The van der Waals surface area contributed by atoms with Gasteiger partial charge in [0.25, 0.3) is 0 Å². The van der Waals surface area contributed by atoms with Gasteiger partial charge >= 0.3 is 0 Å². The summed E-state index contributed by atoms with van der Waals surface area (Å²) in [5.41, 5.74) is 0. The average molecular weight is 207 g/mol. The third-order valence-electron chi connectivity index (χ3n) is 2.07. The third-order valence-corrected chi connectivity index (χ3v) is 3.01. The fourth-order valence-electron chi connectivity index (χ4n) is 1.35. The van der Waals surface area contributed by atoms with Crippen molar-refractivity contribution in [1.29, 1.82) is 0 Å². The summed E-state index contributed by atoms with van der Waals surface area (Å²) in [6, 6.07) is 0.343. The molecule has 0 amide bonds. The first kappa shape index (κ1) is 10.9. The highest BCUT2D eigenvalue weighted by Gasteiger charge is 2.13. The van der Waals surface area contributed by atoms with E-state index in [9.17, 15) is 8.42 Å². The maximum atomic E-state index is 10.8. The Kier molecular flexibility index (Phi) is 4.15. The molecule has 0 saturated carbocycles. The SMILES string of the molecule is CS(=O)(=O)CCNC1CCCOC1. The van der Waals surface area contributed by atoms with Gasteiger partial charge in [0.1, 0.15) is 9.84 Å². The fourth-order valence-corrected chi connectivity index (χ4v) is 1.84. The van der Waals surface area contributed by atoms with E-state index in [0.29, 0.717) is 19.2 Å². The lowest BCUT2D eigenvalue weighted by atomic mass is 10.1. The van der Waals surface area contributed by atoms with E-state index >= 15 is 0 Å². The lowest BCUT2D eigenvalue weighted by Crippen LogP contribution is -2.39. The Labute approximate surface area is 79.6 Å². The molecule has 0 aromatic carbocycles. The van der Waals surface area contributed by atoms with Crippen molar-refractivity contribution in [2.24, 2.45) is 0 Å². The second-order valence-electron chi connectivity index (χ2n) is 3.50. The minimum Gasteiger partial charge on any atom is -0.380 e. The van der Waals surface area contributed by atoms with Gasteiger partial charge in [-0.25, -0.2) is 8.42 Å². The number of nitrogens with one attached hydrogen (secondary N) is 1. The van der Waals surface area contributed by atoms with Crippen LogP contribution in [0.4, 0.5) is 0 Å². The summed E-state index contributed by atoms with van der Waals surface area (Å²) in [4.78, 5) is 0. The third kappa shape index (κ3) is 5.23. The summed E-state index contributed by atoms with van der Waals surface area (Å²) in [6.45, 7) is 2.08. The van der Waals surface area contributed by atoms with Gasteiger partial charge in [-0.2, -0.15) is 0 Å². The molecule has 13 heavy (non-hydrogen) atoms. The highest BCUT2D eigenvalue weighted by molar-refractivity contribution is 7.90. The van der Waals surface area contributed by atoms with Gasteiger partial charge in [0.15, 0.2) is 0 Å². The van der Waals surface area contributed by atoms with Crippen LogP contribution in [0.25, 0.3) is 0 Å². The summed E-state index contributed by atoms with van der Waals surface area (Å²) in [7, 11) is -2.83. The van der Waals surface area contributed by atoms with Crippen LogP contribution in [0.1, 0.15) is 12.8 Å². The van der Waals surface area contributed by atoms with Gasteiger partial charge in [-0.3, -0.25) is 0 Å². The van der Waals surface area contributed by atoms with E-state index in [1.54, 1.807) is 0 Å². The van der Waals surface area contributed by atoms with Crippen LogP contribution >= 0.6 is 0 Å². The summed E-state index contributed by atoms with van der Waals surface area (Å²) < 4.78 is 26.9. The molecule has 0 aliphatic carbocycles. The molecule has 0 radical (unpaired) electrons. The smallest absolute Gasteiger partial charge is 0.148 e. The Morgan fingerprint density at radius 2 is 2.31 bits per heavy atom. The van der Waals surface area contributed by atoms with Gasteiger partial charge in [-0.15, -0.1) is 0 Å². The molecule has 0 spiro atoms. The Morgan fingerprint density at radius 1 is 1.54 bits per heavy atom. The molecular weight excluding hydrogens is 190 g/mol. The molecule has 1 aliphatic rings. The van der Waals surface area contributed by atoms with Crippen LogP contribution in [0.15, 0.2) is 0 Å². The molecule has 1 aliphatic heterocycles. The monoisotopic (exact) mass is 207 g/mol. The van der Waals surface area contributed by atoms with Crippen LogP contribution in [-0.2, 0) is 14.6 Å². The zero-order valence-electron chi connectivity index (χ0n) is 7.95. The quantitative estimate of drug-likeness (QED) is 0.693. The van der Waals surface area contributed by atoms with E-state index in [0.717, 1.165) is 19.4 Å². The van der Waals surface area contributed by atoms with Gasteiger partial charge in [0.2, 0.25) is 0 Å². The Bertz CT molecular complexity index is 232. The lowest BCUT2D eigenvalue weighted by Gasteiger charge is -2.22. The summed E-state index contributed by atoms with van der Waals surface area (Å²) in [5.74, 6) is 0.212. The Hall–Kier alpha value is -0.130. The minimum atomic E-state index is -2.83. The van der Waals surface area contributed by atoms with E-state index in [-0.39, 0.29) is 5.75 Å². The molecule has 1 rings (SSSR count). The molecule has 0 aromatic rings. The number of ether oxygens (including phenoxy) is 1. The average Bonchev–Trinajstić information content (AvgIpc) is 2.04. The van der Waals surface area contributed by atoms with Crippen molar-refractivity contribution in [2.75, 3.05) is 31.8 Å². The van der Waals surface area contributed by atoms with Gasteiger partial charge < -0.3 is 10.1 Å². The maximum Gasteiger partial charge on any atom is 0.148 e. The predicted molar refractivity (Wildman–Crippen MR) is 51.6 cm³/mol. The molecule has 0 aromatic heterocycles. The molecule has 1 heterocycles. The Morgan fingerprint density at radius 3 is 2.85 bits per heavy atom. The molecule has 0 bridgehead atoms. The number of hydrogen-bond acceptors (Lipinski definition) is 4. The largest absolute Gasteiger partial charge is 0.380 e. The van der Waals surface area contributed by atoms with Crippen molar-refractivity contribution < 1.29 is 13.2 Å². The van der Waals surface area contributed by atoms with E-state index in [2.05, 4.69) is 5.32 Å². The molecule has 5 heteroatoms. The summed E-state index contributed by atoms with van der Waals surface area (Å²) >= 11 is 0. The van der Waals surface area contributed by atoms with Gasteiger partial charge in [-0.1, -0.05) is 0 Å². The molecule has 1 fully saturated rings. The highest BCUT2D eigenvalue weighted by Crippen LogP contribution is 2.05. The van der Waals surface area contributed by atoms with Gasteiger partial charge in [0.05, 0.1) is 12.4 Å². The molecule has 1 N–H and O–H groups in total. The van der Waals surface area contributed by atoms with Crippen molar-refractivity contribution in [3.63, 3.8) is 0 Å². The zero-order valence-corrected chi connectivity index (χ0v) is 8.77. The van der Waals surface area contributed by atoms with E-state index < -0.39 is 9.84 Å². The van der Waals surface area contributed by atoms with Gasteiger partial charge in [-0.05, 0) is 12.8 Å². The molecule has 78 valence electrons. The first-order chi connectivity index (χ1) is 6.08. The summed E-state index contributed by atoms with van der Waals surface area (Å²) in [6.07, 6.45) is 3.41. The first-order valence-electron chi connectivity index (χ1n) is 4.57. The number of sulfone groups is 1. The molecule has 4 nitrogen and oxygen atoms in total. The van der Waals surface area contributed by atoms with Crippen molar-refractivity contribution in [2.45, 2.75) is 18.9 Å². The molecule has 1 saturated heterocycles. The zero-order chi connectivity index (χ0) is 9.73. The van der Waals surface area contributed by atoms with Crippen LogP contribution in [0.5, 0.6) is 0 Å². The lowest BCUT2D eigenvalue weighted by molar-refractivity contribution is 0.0712. The predicted octanol–water partition coefficient (Wildman–Crippen LogP) is -0.200. The van der Waals surface area contributed by atoms with Crippen LogP contribution in [0, 0.1) is 0 Å². The van der Waals surface area contributed by atoms with Crippen LogP contribution < -0.4 is 5.32 Å². The van der Waals surface area contributed by atoms with Crippen molar-refractivity contribution >= 4 is 9.84 Å². The van der Waals surface area contributed by atoms with E-state index in [4.69, 9.17) is 4.74 Å². The van der Waals surface area contributed by atoms with Crippen molar-refractivity contribution in [3.05, 3.63) is 0 Å². The second kappa shape index (κ2) is 4.93. The topological polar surface area (TPSA) is 55.4 Å². The highest BCUT2D eigenvalue weighted by atomic mass is 32.2. The molecule has 1 atom stereocenters. The van der Waals surface area contributed by atoms with Gasteiger partial charge in [0, 0.05) is 25.4 Å². The van der Waals surface area contributed by atoms with Crippen molar-refractivity contribution in [1.82, 2.24) is 5.32 Å². The van der Waals surface area contributed by atoms with Crippen LogP contribution in [-0.4, -0.2) is 46.2 Å².